The molecule has 1 aromatic rings. The summed E-state index contributed by atoms with van der Waals surface area (Å²) < 4.78 is 0.576. The molecule has 1 fully saturated rings. The molecule has 1 heterocycles. The van der Waals surface area contributed by atoms with Crippen LogP contribution in [0.5, 0.6) is 0 Å². The monoisotopic (exact) mass is 325 g/mol. The van der Waals surface area contributed by atoms with Gasteiger partial charge in [0, 0.05) is 16.8 Å². The van der Waals surface area contributed by atoms with Crippen molar-refractivity contribution in [3.8, 4) is 0 Å². The molecule has 0 aliphatic carbocycles. The molecule has 6 heteroatoms. The zero-order valence-corrected chi connectivity index (χ0v) is 11.8. The molecule has 0 radical (unpaired) electrons. The van der Waals surface area contributed by atoms with Gasteiger partial charge in [0.05, 0.1) is 12.1 Å². The molecule has 5 nitrogen and oxygen atoms in total. The van der Waals surface area contributed by atoms with Crippen LogP contribution in [0.1, 0.15) is 29.3 Å². The lowest BCUT2D eigenvalue weighted by Crippen LogP contribution is -2.29. The van der Waals surface area contributed by atoms with Gasteiger partial charge in [-0.05, 0) is 17.7 Å². The summed E-state index contributed by atoms with van der Waals surface area (Å²) in [5.41, 5.74) is 0.865. The van der Waals surface area contributed by atoms with Crippen molar-refractivity contribution in [3.63, 3.8) is 0 Å². The maximum absolute atomic E-state index is 11.8. The van der Waals surface area contributed by atoms with Gasteiger partial charge in [-0.3, -0.25) is 14.5 Å². The Morgan fingerprint density at radius 3 is 2.63 bits per heavy atom. The number of carbonyl (C=O) groups is 3. The Morgan fingerprint density at radius 2 is 2.16 bits per heavy atom. The number of aromatic carboxylic acids is 1. The molecule has 0 spiro atoms. The molecule has 1 unspecified atom stereocenters. The number of hydrogen-bond donors (Lipinski definition) is 1. The van der Waals surface area contributed by atoms with E-state index in [9.17, 15) is 14.4 Å². The third-order valence-electron chi connectivity index (χ3n) is 3.10. The first-order valence-corrected chi connectivity index (χ1v) is 6.55. The summed E-state index contributed by atoms with van der Waals surface area (Å²) in [6.07, 6.45) is 0.240. The van der Waals surface area contributed by atoms with Crippen molar-refractivity contribution in [2.75, 3.05) is 0 Å². The summed E-state index contributed by atoms with van der Waals surface area (Å²) in [6.45, 7) is 1.89. The van der Waals surface area contributed by atoms with Gasteiger partial charge >= 0.3 is 5.97 Å². The van der Waals surface area contributed by atoms with Crippen LogP contribution in [-0.4, -0.2) is 27.8 Å². The third kappa shape index (κ3) is 2.68. The van der Waals surface area contributed by atoms with E-state index in [1.54, 1.807) is 13.0 Å². The number of imide groups is 1. The molecule has 0 bridgehead atoms. The zero-order chi connectivity index (χ0) is 14.2. The molecule has 1 aromatic carbocycles. The number of hydrogen-bond acceptors (Lipinski definition) is 3. The maximum Gasteiger partial charge on any atom is 0.335 e. The topological polar surface area (TPSA) is 74.7 Å². The van der Waals surface area contributed by atoms with Gasteiger partial charge < -0.3 is 5.11 Å². The number of halogens is 1. The largest absolute Gasteiger partial charge is 0.478 e. The SMILES string of the molecule is CC1CC(=O)N(Cc2ccc(C(=O)O)cc2Br)C1=O. The Bertz CT molecular complexity index is 570. The molecule has 2 rings (SSSR count). The van der Waals surface area contributed by atoms with Crippen molar-refractivity contribution in [3.05, 3.63) is 33.8 Å². The van der Waals surface area contributed by atoms with Gasteiger partial charge in [0.1, 0.15) is 0 Å². The molecular formula is C13H12BrNO4. The standard InChI is InChI=1S/C13H12BrNO4/c1-7-4-11(16)15(12(7)17)6-9-3-2-8(13(18)19)5-10(9)14/h2-3,5,7H,4,6H2,1H3,(H,18,19). The number of rotatable bonds is 3. The second-order valence-electron chi connectivity index (χ2n) is 4.53. The highest BCUT2D eigenvalue weighted by atomic mass is 79.9. The Labute approximate surface area is 118 Å². The highest BCUT2D eigenvalue weighted by Gasteiger charge is 2.35. The van der Waals surface area contributed by atoms with Crippen LogP contribution >= 0.6 is 15.9 Å². The molecule has 19 heavy (non-hydrogen) atoms. The predicted octanol–water partition coefficient (Wildman–Crippen LogP) is 2.04. The van der Waals surface area contributed by atoms with Crippen LogP contribution in [0.3, 0.4) is 0 Å². The fraction of sp³-hybridized carbons (Fsp3) is 0.308. The number of benzene rings is 1. The van der Waals surface area contributed by atoms with Crippen LogP contribution in [0.4, 0.5) is 0 Å². The van der Waals surface area contributed by atoms with Crippen LogP contribution < -0.4 is 0 Å². The molecular weight excluding hydrogens is 314 g/mol. The van der Waals surface area contributed by atoms with E-state index in [0.29, 0.717) is 10.0 Å². The summed E-state index contributed by atoms with van der Waals surface area (Å²) in [6, 6.07) is 4.53. The average Bonchev–Trinajstić information content (AvgIpc) is 2.58. The second-order valence-corrected chi connectivity index (χ2v) is 5.39. The van der Waals surface area contributed by atoms with Crippen molar-refractivity contribution in [1.82, 2.24) is 4.90 Å². The maximum atomic E-state index is 11.8. The van der Waals surface area contributed by atoms with Gasteiger partial charge in [0.15, 0.2) is 0 Å². The number of carboxylic acid groups (broad SMARTS) is 1. The van der Waals surface area contributed by atoms with Crippen molar-refractivity contribution < 1.29 is 19.5 Å². The summed E-state index contributed by atoms with van der Waals surface area (Å²) in [7, 11) is 0. The van der Waals surface area contributed by atoms with Crippen molar-refractivity contribution in [2.24, 2.45) is 5.92 Å². The van der Waals surface area contributed by atoms with Crippen LogP contribution in [0.25, 0.3) is 0 Å². The van der Waals surface area contributed by atoms with Gasteiger partial charge in [-0.1, -0.05) is 28.9 Å². The van der Waals surface area contributed by atoms with E-state index >= 15 is 0 Å². The van der Waals surface area contributed by atoms with E-state index in [0.717, 1.165) is 0 Å². The Balaban J connectivity index is 2.22. The van der Waals surface area contributed by atoms with Gasteiger partial charge in [-0.2, -0.15) is 0 Å². The lowest BCUT2D eigenvalue weighted by atomic mass is 10.1. The molecule has 1 saturated heterocycles. The number of likely N-dealkylation sites (tertiary alicyclic amines) is 1. The minimum absolute atomic E-state index is 0.156. The number of nitrogens with zero attached hydrogens (tertiary/aromatic N) is 1. The van der Waals surface area contributed by atoms with E-state index in [-0.39, 0.29) is 36.3 Å². The highest BCUT2D eigenvalue weighted by molar-refractivity contribution is 9.10. The van der Waals surface area contributed by atoms with E-state index in [1.165, 1.54) is 17.0 Å². The van der Waals surface area contributed by atoms with Crippen LogP contribution in [0.15, 0.2) is 22.7 Å². The Kier molecular flexibility index (Phi) is 3.71. The molecule has 0 saturated carbocycles. The Morgan fingerprint density at radius 1 is 1.47 bits per heavy atom. The second kappa shape index (κ2) is 5.13. The number of carbonyl (C=O) groups excluding carboxylic acids is 2. The van der Waals surface area contributed by atoms with Crippen molar-refractivity contribution >= 4 is 33.7 Å². The predicted molar refractivity (Wildman–Crippen MR) is 70.4 cm³/mol. The molecule has 1 N–H and O–H groups in total. The first-order valence-electron chi connectivity index (χ1n) is 5.76. The van der Waals surface area contributed by atoms with E-state index in [1.807, 2.05) is 0 Å². The van der Waals surface area contributed by atoms with Gasteiger partial charge in [-0.25, -0.2) is 4.79 Å². The molecule has 100 valence electrons. The molecule has 1 aliphatic rings. The zero-order valence-electron chi connectivity index (χ0n) is 10.2. The van der Waals surface area contributed by atoms with Crippen LogP contribution in [-0.2, 0) is 16.1 Å². The molecule has 2 amide bonds. The van der Waals surface area contributed by atoms with Gasteiger partial charge in [-0.15, -0.1) is 0 Å². The van der Waals surface area contributed by atoms with Crippen LogP contribution in [0.2, 0.25) is 0 Å². The normalized spacial score (nSPS) is 19.1. The van der Waals surface area contributed by atoms with Gasteiger partial charge in [0.2, 0.25) is 11.8 Å². The Hall–Kier alpha value is -1.69. The lowest BCUT2D eigenvalue weighted by molar-refractivity contribution is -0.139. The summed E-state index contributed by atoms with van der Waals surface area (Å²) in [5.74, 6) is -1.66. The summed E-state index contributed by atoms with van der Waals surface area (Å²) in [4.78, 5) is 35.5. The lowest BCUT2D eigenvalue weighted by Gasteiger charge is -2.15. The molecule has 1 atom stereocenters. The van der Waals surface area contributed by atoms with E-state index in [2.05, 4.69) is 15.9 Å². The number of carboxylic acids is 1. The van der Waals surface area contributed by atoms with Crippen LogP contribution in [0, 0.1) is 5.92 Å². The van der Waals surface area contributed by atoms with Gasteiger partial charge in [0.25, 0.3) is 0 Å². The summed E-state index contributed by atoms with van der Waals surface area (Å²) >= 11 is 3.27. The molecule has 0 aromatic heterocycles. The van der Waals surface area contributed by atoms with Crippen molar-refractivity contribution in [2.45, 2.75) is 19.9 Å². The minimum Gasteiger partial charge on any atom is -0.478 e. The fourth-order valence-electron chi connectivity index (χ4n) is 1.99. The minimum atomic E-state index is -1.02. The third-order valence-corrected chi connectivity index (χ3v) is 3.84. The highest BCUT2D eigenvalue weighted by Crippen LogP contribution is 2.25. The first kappa shape index (κ1) is 13.7. The average molecular weight is 326 g/mol. The molecule has 1 aliphatic heterocycles. The van der Waals surface area contributed by atoms with E-state index < -0.39 is 5.97 Å². The first-order chi connectivity index (χ1) is 8.90. The summed E-state index contributed by atoms with van der Waals surface area (Å²) in [5, 5.41) is 8.86. The fourth-order valence-corrected chi connectivity index (χ4v) is 2.50. The number of amides is 2. The smallest absolute Gasteiger partial charge is 0.335 e. The van der Waals surface area contributed by atoms with E-state index in [4.69, 9.17) is 5.11 Å². The quantitative estimate of drug-likeness (QED) is 0.863. The van der Waals surface area contributed by atoms with Crippen molar-refractivity contribution in [1.29, 1.82) is 0 Å².